The van der Waals surface area contributed by atoms with E-state index in [4.69, 9.17) is 4.74 Å². The summed E-state index contributed by atoms with van der Waals surface area (Å²) < 4.78 is 7.17. The number of aromatic nitrogens is 3. The highest BCUT2D eigenvalue weighted by atomic mass is 32.2. The summed E-state index contributed by atoms with van der Waals surface area (Å²) in [5.41, 5.74) is 2.53. The van der Waals surface area contributed by atoms with Crippen LogP contribution in [0, 0.1) is 0 Å². The van der Waals surface area contributed by atoms with E-state index in [2.05, 4.69) is 15.5 Å². The van der Waals surface area contributed by atoms with Gasteiger partial charge in [0.2, 0.25) is 5.91 Å². The van der Waals surface area contributed by atoms with Crippen LogP contribution in [0.3, 0.4) is 0 Å². The Morgan fingerprint density at radius 1 is 0.968 bits per heavy atom. The molecular weight excluding hydrogens is 408 g/mol. The lowest BCUT2D eigenvalue weighted by Gasteiger charge is -2.17. The third-order valence-electron chi connectivity index (χ3n) is 4.77. The first-order valence-corrected chi connectivity index (χ1v) is 10.6. The summed E-state index contributed by atoms with van der Waals surface area (Å²) in [6, 6.07) is 26.8. The minimum Gasteiger partial charge on any atom is -0.497 e. The van der Waals surface area contributed by atoms with Gasteiger partial charge in [-0.05, 0) is 17.7 Å². The Labute approximate surface area is 185 Å². The average molecular weight is 431 g/mol. The number of carbonyl (C=O) groups excluding carboxylic acids is 1. The van der Waals surface area contributed by atoms with Crippen molar-refractivity contribution in [2.24, 2.45) is 7.05 Å². The smallest absolute Gasteiger partial charge is 0.242 e. The van der Waals surface area contributed by atoms with Crippen molar-refractivity contribution < 1.29 is 9.53 Å². The van der Waals surface area contributed by atoms with Gasteiger partial charge in [-0.1, -0.05) is 78.5 Å². The Morgan fingerprint density at radius 3 is 2.39 bits per heavy atom. The van der Waals surface area contributed by atoms with Crippen molar-refractivity contribution in [2.75, 3.05) is 12.4 Å². The Morgan fingerprint density at radius 2 is 1.68 bits per heavy atom. The van der Waals surface area contributed by atoms with E-state index in [1.54, 1.807) is 13.2 Å². The molecule has 0 aliphatic heterocycles. The summed E-state index contributed by atoms with van der Waals surface area (Å²) in [5.74, 6) is 1.29. The number of amides is 1. The average Bonchev–Trinajstić information content (AvgIpc) is 3.18. The van der Waals surface area contributed by atoms with E-state index < -0.39 is 5.25 Å². The first kappa shape index (κ1) is 20.7. The standard InChI is InChI=1S/C24H22N4O2S/c1-28-22(18-12-7-4-8-13-18)26-27-24(28)31-21(17-10-5-3-6-11-17)23(29)25-19-14-9-15-20(16-19)30-2/h3-16,21H,1-2H3,(H,25,29). The van der Waals surface area contributed by atoms with Crippen LogP contribution < -0.4 is 10.1 Å². The minimum absolute atomic E-state index is 0.145. The van der Waals surface area contributed by atoms with Crippen LogP contribution in [0.1, 0.15) is 10.8 Å². The maximum absolute atomic E-state index is 13.3. The summed E-state index contributed by atoms with van der Waals surface area (Å²) in [6.07, 6.45) is 0. The lowest BCUT2D eigenvalue weighted by Crippen LogP contribution is -2.19. The van der Waals surface area contributed by atoms with Crippen LogP contribution in [-0.4, -0.2) is 27.8 Å². The fraction of sp³-hybridized carbons (Fsp3) is 0.125. The van der Waals surface area contributed by atoms with E-state index in [9.17, 15) is 4.79 Å². The Kier molecular flexibility index (Phi) is 6.33. The molecule has 1 N–H and O–H groups in total. The molecule has 1 unspecified atom stereocenters. The van der Waals surface area contributed by atoms with Gasteiger partial charge in [-0.2, -0.15) is 0 Å². The van der Waals surface area contributed by atoms with Gasteiger partial charge in [0.05, 0.1) is 7.11 Å². The molecule has 0 fully saturated rings. The van der Waals surface area contributed by atoms with Crippen LogP contribution in [0.4, 0.5) is 5.69 Å². The molecule has 0 saturated carbocycles. The van der Waals surface area contributed by atoms with Crippen LogP contribution in [0.2, 0.25) is 0 Å². The van der Waals surface area contributed by atoms with Crippen molar-refractivity contribution in [1.29, 1.82) is 0 Å². The number of anilines is 1. The highest BCUT2D eigenvalue weighted by molar-refractivity contribution is 8.00. The molecule has 0 radical (unpaired) electrons. The van der Waals surface area contributed by atoms with Gasteiger partial charge in [0.25, 0.3) is 0 Å². The number of hydrogen-bond donors (Lipinski definition) is 1. The zero-order chi connectivity index (χ0) is 21.6. The van der Waals surface area contributed by atoms with Gasteiger partial charge in [0.1, 0.15) is 11.0 Å². The van der Waals surface area contributed by atoms with Crippen LogP contribution in [0.25, 0.3) is 11.4 Å². The molecule has 1 atom stereocenters. The number of carbonyl (C=O) groups is 1. The molecule has 0 aliphatic rings. The monoisotopic (exact) mass is 430 g/mol. The van der Waals surface area contributed by atoms with Crippen molar-refractivity contribution in [2.45, 2.75) is 10.4 Å². The van der Waals surface area contributed by atoms with Crippen molar-refractivity contribution in [3.63, 3.8) is 0 Å². The maximum atomic E-state index is 13.3. The molecule has 0 aliphatic carbocycles. The van der Waals surface area contributed by atoms with Crippen LogP contribution in [0.15, 0.2) is 90.1 Å². The normalized spacial score (nSPS) is 11.7. The molecule has 7 heteroatoms. The number of thioether (sulfide) groups is 1. The van der Waals surface area contributed by atoms with E-state index in [1.807, 2.05) is 90.5 Å². The highest BCUT2D eigenvalue weighted by Gasteiger charge is 2.25. The van der Waals surface area contributed by atoms with Gasteiger partial charge in [-0.3, -0.25) is 4.79 Å². The lowest BCUT2D eigenvalue weighted by molar-refractivity contribution is -0.115. The van der Waals surface area contributed by atoms with Crippen LogP contribution in [0.5, 0.6) is 5.75 Å². The number of benzene rings is 3. The summed E-state index contributed by atoms with van der Waals surface area (Å²) >= 11 is 1.37. The molecule has 0 saturated heterocycles. The number of nitrogens with one attached hydrogen (secondary N) is 1. The Bertz CT molecular complexity index is 1160. The number of ether oxygens (including phenoxy) is 1. The lowest BCUT2D eigenvalue weighted by atomic mass is 10.1. The van der Waals surface area contributed by atoms with E-state index in [0.29, 0.717) is 16.6 Å². The second-order valence-corrected chi connectivity index (χ2v) is 7.93. The van der Waals surface area contributed by atoms with E-state index in [1.165, 1.54) is 11.8 Å². The summed E-state index contributed by atoms with van der Waals surface area (Å²) in [4.78, 5) is 13.3. The highest BCUT2D eigenvalue weighted by Crippen LogP contribution is 2.36. The minimum atomic E-state index is -0.501. The molecule has 0 bridgehead atoms. The largest absolute Gasteiger partial charge is 0.497 e. The van der Waals surface area contributed by atoms with Gasteiger partial charge in [-0.15, -0.1) is 10.2 Å². The first-order valence-electron chi connectivity index (χ1n) is 9.77. The zero-order valence-electron chi connectivity index (χ0n) is 17.2. The first-order chi connectivity index (χ1) is 15.2. The third-order valence-corrected chi connectivity index (χ3v) is 6.06. The van der Waals surface area contributed by atoms with E-state index in [0.717, 1.165) is 17.0 Å². The number of rotatable bonds is 7. The third kappa shape index (κ3) is 4.78. The number of methoxy groups -OCH3 is 1. The maximum Gasteiger partial charge on any atom is 0.242 e. The molecule has 4 aromatic rings. The van der Waals surface area contributed by atoms with E-state index in [-0.39, 0.29) is 5.91 Å². The molecule has 1 heterocycles. The molecule has 156 valence electrons. The predicted molar refractivity (Wildman–Crippen MR) is 123 cm³/mol. The van der Waals surface area contributed by atoms with Gasteiger partial charge in [-0.25, -0.2) is 0 Å². The van der Waals surface area contributed by atoms with Gasteiger partial charge in [0.15, 0.2) is 11.0 Å². The quantitative estimate of drug-likeness (QED) is 0.420. The summed E-state index contributed by atoms with van der Waals surface area (Å²) in [6.45, 7) is 0. The van der Waals surface area contributed by atoms with Crippen molar-refractivity contribution in [1.82, 2.24) is 14.8 Å². The van der Waals surface area contributed by atoms with Crippen LogP contribution >= 0.6 is 11.8 Å². The molecular formula is C24H22N4O2S. The van der Waals surface area contributed by atoms with Crippen molar-refractivity contribution >= 4 is 23.4 Å². The molecule has 1 aromatic heterocycles. The summed E-state index contributed by atoms with van der Waals surface area (Å²) in [7, 11) is 3.51. The topological polar surface area (TPSA) is 69.0 Å². The molecule has 4 rings (SSSR count). The van der Waals surface area contributed by atoms with Crippen LogP contribution in [-0.2, 0) is 11.8 Å². The van der Waals surface area contributed by atoms with Crippen molar-refractivity contribution in [3.8, 4) is 17.1 Å². The molecule has 0 spiro atoms. The molecule has 31 heavy (non-hydrogen) atoms. The molecule has 1 amide bonds. The Balaban J connectivity index is 1.62. The second kappa shape index (κ2) is 9.49. The fourth-order valence-electron chi connectivity index (χ4n) is 3.17. The number of nitrogens with zero attached hydrogens (tertiary/aromatic N) is 3. The number of hydrogen-bond acceptors (Lipinski definition) is 5. The SMILES string of the molecule is COc1cccc(NC(=O)C(Sc2nnc(-c3ccccc3)n2C)c2ccccc2)c1. The molecule has 6 nitrogen and oxygen atoms in total. The van der Waals surface area contributed by atoms with Crippen molar-refractivity contribution in [3.05, 3.63) is 90.5 Å². The summed E-state index contributed by atoms with van der Waals surface area (Å²) in [5, 5.41) is 11.8. The zero-order valence-corrected chi connectivity index (χ0v) is 18.0. The van der Waals surface area contributed by atoms with E-state index >= 15 is 0 Å². The Hall–Kier alpha value is -3.58. The fourth-order valence-corrected chi connectivity index (χ4v) is 4.17. The second-order valence-electron chi connectivity index (χ2n) is 6.86. The van der Waals surface area contributed by atoms with Gasteiger partial charge < -0.3 is 14.6 Å². The molecule has 3 aromatic carbocycles. The van der Waals surface area contributed by atoms with Gasteiger partial charge in [0, 0.05) is 24.4 Å². The van der Waals surface area contributed by atoms with Gasteiger partial charge >= 0.3 is 0 Å². The predicted octanol–water partition coefficient (Wildman–Crippen LogP) is 4.96.